The third-order valence-corrected chi connectivity index (χ3v) is 16.4. The molecule has 22 nitrogen and oxygen atoms in total. The number of hydrogen-bond donors (Lipinski definition) is 9. The standard InChI is InChI=1S/C57H67F2N10O12P/c1-67-29-27-38-20-23-46(69(38)56(78)44(33-67)64-51(73)43-31-36-30-37(19-21-41(36)62-43)57(58,59)82(79,80)81)53(75)63-42(22-25-47(60)70)50(72)66-49(35-15-10-8-11-16-35)54(76)61-28-12-7-5-3-2-4-6-9-14-34-17-13-18-39-40(34)32-68(55(39)77)45-24-26-48(71)65-52(45)74/h8,10-11,13,15-19,21,30-31,38,42,44-46,49,62H,2-7,12,20,22-29,32-33H2,1H3,(H2,60,70)(H,61,76)(H,63,75)(H,64,73)(H,66,72)(H,65,71,74)(H2,79,80,81)/t38-,42+,44+,45?,46+,49+/m1/s1. The molecular weight excluding hydrogens is 1090 g/mol. The molecule has 82 heavy (non-hydrogen) atoms. The molecule has 4 aromatic rings. The van der Waals surface area contributed by atoms with Gasteiger partial charge in [0.1, 0.15) is 35.9 Å². The number of aromatic amines is 1. The molecule has 0 saturated carbocycles. The monoisotopic (exact) mass is 1150 g/mol. The Balaban J connectivity index is 0.828. The second-order valence-electron chi connectivity index (χ2n) is 21.3. The van der Waals surface area contributed by atoms with Crippen LogP contribution >= 0.6 is 7.60 Å². The third kappa shape index (κ3) is 14.2. The van der Waals surface area contributed by atoms with E-state index in [0.717, 1.165) is 61.4 Å². The second kappa shape index (κ2) is 26.4. The van der Waals surface area contributed by atoms with Crippen LogP contribution in [-0.4, -0.2) is 140 Å². The van der Waals surface area contributed by atoms with Crippen molar-refractivity contribution >= 4 is 71.7 Å². The van der Waals surface area contributed by atoms with Gasteiger partial charge in [-0.25, -0.2) is 0 Å². The predicted octanol–water partition coefficient (Wildman–Crippen LogP) is 3.46. The van der Waals surface area contributed by atoms with Gasteiger partial charge in [0, 0.05) is 72.5 Å². The summed E-state index contributed by atoms with van der Waals surface area (Å²) in [4.78, 5) is 146. The van der Waals surface area contributed by atoms with Crippen LogP contribution in [0, 0.1) is 11.8 Å². The average Bonchev–Trinajstić information content (AvgIpc) is 4.25. The van der Waals surface area contributed by atoms with Crippen molar-refractivity contribution in [3.63, 3.8) is 0 Å². The normalized spacial score (nSPS) is 20.1. The van der Waals surface area contributed by atoms with Crippen molar-refractivity contribution in [1.29, 1.82) is 0 Å². The van der Waals surface area contributed by atoms with Gasteiger partial charge in [-0.05, 0) is 100.0 Å². The number of likely N-dealkylation sites (N-methyl/N-ethyl adjacent to an activating group) is 1. The Morgan fingerprint density at radius 3 is 2.35 bits per heavy atom. The molecule has 4 aliphatic heterocycles. The van der Waals surface area contributed by atoms with E-state index in [1.54, 1.807) is 49.5 Å². The van der Waals surface area contributed by atoms with E-state index in [1.165, 1.54) is 15.9 Å². The molecule has 0 aliphatic carbocycles. The molecule has 3 aromatic carbocycles. The fourth-order valence-electron chi connectivity index (χ4n) is 11.0. The van der Waals surface area contributed by atoms with E-state index >= 15 is 0 Å². The number of carbonyl (C=O) groups excluding carboxylic acids is 9. The molecule has 9 amide bonds. The second-order valence-corrected chi connectivity index (χ2v) is 22.9. The highest BCUT2D eigenvalue weighted by Crippen LogP contribution is 2.59. The van der Waals surface area contributed by atoms with Gasteiger partial charge >= 0.3 is 13.3 Å². The van der Waals surface area contributed by atoms with Crippen LogP contribution in [0.15, 0.2) is 72.8 Å². The first-order chi connectivity index (χ1) is 39.1. The Bertz CT molecular complexity index is 3230. The molecule has 10 N–H and O–H groups in total. The summed E-state index contributed by atoms with van der Waals surface area (Å²) in [6, 6.07) is 11.9. The largest absolute Gasteiger partial charge is 0.399 e. The Kier molecular flexibility index (Phi) is 19.4. The van der Waals surface area contributed by atoms with Crippen LogP contribution in [0.5, 0.6) is 0 Å². The van der Waals surface area contributed by atoms with Gasteiger partial charge in [0.2, 0.25) is 41.4 Å². The zero-order valence-corrected chi connectivity index (χ0v) is 46.1. The Morgan fingerprint density at radius 2 is 1.62 bits per heavy atom. The molecule has 436 valence electrons. The number of fused-ring (bicyclic) bond motifs is 3. The number of imide groups is 1. The van der Waals surface area contributed by atoms with Crippen LogP contribution < -0.4 is 32.3 Å². The van der Waals surface area contributed by atoms with Crippen molar-refractivity contribution in [3.05, 3.63) is 106 Å². The van der Waals surface area contributed by atoms with Gasteiger partial charge in [0.25, 0.3) is 11.8 Å². The number of hydrogen-bond acceptors (Lipinski definition) is 11. The number of primary amides is 1. The summed E-state index contributed by atoms with van der Waals surface area (Å²) in [5.74, 6) is 1.23. The van der Waals surface area contributed by atoms with Crippen LogP contribution in [0.3, 0.4) is 0 Å². The minimum absolute atomic E-state index is 0.0215. The van der Waals surface area contributed by atoms with E-state index in [-0.39, 0.29) is 73.6 Å². The number of rotatable bonds is 22. The first-order valence-electron chi connectivity index (χ1n) is 27.5. The van der Waals surface area contributed by atoms with Crippen molar-refractivity contribution in [2.45, 2.75) is 138 Å². The lowest BCUT2D eigenvalue weighted by Gasteiger charge is -2.38. The van der Waals surface area contributed by atoms with Gasteiger partial charge in [-0.2, -0.15) is 8.78 Å². The van der Waals surface area contributed by atoms with Crippen molar-refractivity contribution in [1.82, 2.24) is 46.3 Å². The van der Waals surface area contributed by atoms with Crippen molar-refractivity contribution < 1.29 is 66.3 Å². The molecule has 4 aliphatic rings. The minimum Gasteiger partial charge on any atom is -0.370 e. The van der Waals surface area contributed by atoms with Crippen LogP contribution in [-0.2, 0) is 50.3 Å². The maximum atomic E-state index is 14.5. The maximum Gasteiger partial charge on any atom is 0.399 e. The Morgan fingerprint density at radius 1 is 0.878 bits per heavy atom. The molecule has 0 spiro atoms. The number of amides is 9. The molecule has 1 aromatic heterocycles. The number of nitrogens with zero attached hydrogens (tertiary/aromatic N) is 3. The number of unbranched alkanes of at least 4 members (excludes halogenated alkanes) is 6. The predicted molar refractivity (Wildman–Crippen MR) is 294 cm³/mol. The van der Waals surface area contributed by atoms with Crippen LogP contribution in [0.2, 0.25) is 0 Å². The highest BCUT2D eigenvalue weighted by atomic mass is 31.2. The lowest BCUT2D eigenvalue weighted by atomic mass is 10.0. The molecule has 25 heteroatoms. The summed E-state index contributed by atoms with van der Waals surface area (Å²) >= 11 is 0. The summed E-state index contributed by atoms with van der Waals surface area (Å²) in [6.07, 6.45) is 6.74. The molecule has 6 atom stereocenters. The number of alkyl halides is 2. The SMILES string of the molecule is CN1CC[C@H]2CC[C@@H](C(=O)N[C@@H](CCC(N)=O)C(=O)N[C@H](C(=O)NCCCCCCCCC#Cc3cccc4c3CN(C3CCC(=O)NC3=O)C4=O)c3ccccc3)N2C(=O)[C@@H](NC(=O)c2cc3cc(C(F)(F)P(=O)(O)O)ccc3[nH]2)C1. The zero-order chi connectivity index (χ0) is 58.9. The number of nitrogens with two attached hydrogens (primary N) is 1. The van der Waals surface area contributed by atoms with Gasteiger partial charge in [-0.15, -0.1) is 0 Å². The van der Waals surface area contributed by atoms with Gasteiger partial charge in [-0.1, -0.05) is 80.0 Å². The number of halogens is 2. The molecular formula is C57H67F2N10O12P. The number of aromatic nitrogens is 1. The fraction of sp³-hybridized carbons (Fsp3) is 0.456. The van der Waals surface area contributed by atoms with E-state index in [0.29, 0.717) is 49.9 Å². The molecule has 5 heterocycles. The number of benzene rings is 3. The molecule has 0 radical (unpaired) electrons. The number of nitrogens with one attached hydrogen (secondary N) is 6. The van der Waals surface area contributed by atoms with Crippen molar-refractivity contribution in [3.8, 4) is 11.8 Å². The van der Waals surface area contributed by atoms with E-state index in [1.807, 2.05) is 11.0 Å². The lowest BCUT2D eigenvalue weighted by Crippen LogP contribution is -2.61. The molecule has 3 fully saturated rings. The Labute approximate surface area is 471 Å². The van der Waals surface area contributed by atoms with E-state index in [9.17, 15) is 66.3 Å². The van der Waals surface area contributed by atoms with Gasteiger partial charge in [-0.3, -0.25) is 53.0 Å². The first-order valence-corrected chi connectivity index (χ1v) is 29.1. The van der Waals surface area contributed by atoms with Crippen LogP contribution in [0.25, 0.3) is 10.9 Å². The number of carbonyl (C=O) groups is 9. The van der Waals surface area contributed by atoms with Gasteiger partial charge in [0.15, 0.2) is 0 Å². The zero-order valence-electron chi connectivity index (χ0n) is 45.2. The Hall–Kier alpha value is -7.84. The smallest absolute Gasteiger partial charge is 0.370 e. The van der Waals surface area contributed by atoms with Gasteiger partial charge in [0.05, 0.1) is 0 Å². The van der Waals surface area contributed by atoms with E-state index < -0.39 is 96.4 Å². The fourth-order valence-corrected chi connectivity index (χ4v) is 11.4. The molecule has 8 rings (SSSR count). The van der Waals surface area contributed by atoms with Crippen molar-refractivity contribution in [2.75, 3.05) is 26.7 Å². The van der Waals surface area contributed by atoms with Gasteiger partial charge < -0.3 is 56.5 Å². The topological polar surface area (TPSA) is 323 Å². The van der Waals surface area contributed by atoms with Crippen molar-refractivity contribution in [2.24, 2.45) is 5.73 Å². The minimum atomic E-state index is -5.88. The molecule has 1 unspecified atom stereocenters. The summed E-state index contributed by atoms with van der Waals surface area (Å²) in [5.41, 5.74) is 2.61. The third-order valence-electron chi connectivity index (χ3n) is 15.4. The summed E-state index contributed by atoms with van der Waals surface area (Å²) < 4.78 is 40.6. The quantitative estimate of drug-likeness (QED) is 0.0236. The summed E-state index contributed by atoms with van der Waals surface area (Å²) in [7, 11) is -4.12. The van der Waals surface area contributed by atoms with Crippen LogP contribution in [0.1, 0.15) is 139 Å². The van der Waals surface area contributed by atoms with E-state index in [4.69, 9.17) is 5.73 Å². The highest BCUT2D eigenvalue weighted by molar-refractivity contribution is 7.52. The van der Waals surface area contributed by atoms with E-state index in [2.05, 4.69) is 43.4 Å². The number of piperidine rings is 1. The first kappa shape index (κ1) is 60.3. The molecule has 3 saturated heterocycles. The number of H-pyrrole nitrogens is 1. The lowest BCUT2D eigenvalue weighted by molar-refractivity contribution is -0.144. The molecule has 0 bridgehead atoms. The summed E-state index contributed by atoms with van der Waals surface area (Å²) in [6.45, 7) is 1.06. The van der Waals surface area contributed by atoms with Crippen LogP contribution in [0.4, 0.5) is 8.78 Å². The highest BCUT2D eigenvalue weighted by Gasteiger charge is 2.51. The summed E-state index contributed by atoms with van der Waals surface area (Å²) in [5, 5.41) is 13.5. The average molecular weight is 1150 g/mol. The maximum absolute atomic E-state index is 14.5.